The van der Waals surface area contributed by atoms with Crippen LogP contribution in [0.2, 0.25) is 10.0 Å². The van der Waals surface area contributed by atoms with Crippen molar-refractivity contribution in [1.29, 1.82) is 0 Å². The average molecular weight is 341 g/mol. The van der Waals surface area contributed by atoms with Crippen LogP contribution >= 0.6 is 23.2 Å². The summed E-state index contributed by atoms with van der Waals surface area (Å²) in [5.74, 6) is 0. The van der Waals surface area contributed by atoms with Crippen LogP contribution in [0.15, 0.2) is 17.0 Å². The number of sulfonamides is 1. The normalized spacial score (nSPS) is 15.1. The van der Waals surface area contributed by atoms with Crippen molar-refractivity contribution in [2.24, 2.45) is 0 Å². The van der Waals surface area contributed by atoms with E-state index in [1.807, 2.05) is 6.92 Å². The molecule has 0 aliphatic heterocycles. The maximum Gasteiger partial charge on any atom is 0.244 e. The fourth-order valence-corrected chi connectivity index (χ4v) is 4.28. The highest BCUT2D eigenvalue weighted by Crippen LogP contribution is 2.32. The Morgan fingerprint density at radius 3 is 2.45 bits per heavy atom. The maximum absolute atomic E-state index is 12.4. The van der Waals surface area contributed by atoms with Gasteiger partial charge in [0.15, 0.2) is 0 Å². The summed E-state index contributed by atoms with van der Waals surface area (Å²) in [5, 5.41) is 9.27. The molecular formula is C12H18Cl2N2O3S. The molecule has 1 aromatic rings. The number of anilines is 1. The molecule has 114 valence electrons. The lowest BCUT2D eigenvalue weighted by Crippen LogP contribution is -2.46. The summed E-state index contributed by atoms with van der Waals surface area (Å²) < 4.78 is 27.4. The van der Waals surface area contributed by atoms with Gasteiger partial charge in [-0.2, -0.15) is 0 Å². The van der Waals surface area contributed by atoms with Crippen molar-refractivity contribution >= 4 is 38.9 Å². The van der Waals surface area contributed by atoms with Crippen LogP contribution in [0.5, 0.6) is 0 Å². The molecule has 0 aliphatic rings. The van der Waals surface area contributed by atoms with Crippen LogP contribution in [0.4, 0.5) is 5.69 Å². The number of hydrogen-bond acceptors (Lipinski definition) is 4. The summed E-state index contributed by atoms with van der Waals surface area (Å²) in [7, 11) is -3.91. The smallest absolute Gasteiger partial charge is 0.244 e. The topological polar surface area (TPSA) is 92.4 Å². The maximum atomic E-state index is 12.4. The Balaban J connectivity index is 3.25. The molecule has 0 radical (unpaired) electrons. The predicted octanol–water partition coefficient (Wildman–Crippen LogP) is 2.41. The standard InChI is InChI=1S/C12H18Cl2N2O3S/c1-3-12(2,4-5-17)16-20(18,19)11-9(14)6-8(13)7-10(11)15/h6-7,16-17H,3-5,15H2,1-2H3. The molecule has 0 heterocycles. The van der Waals surface area contributed by atoms with Gasteiger partial charge in [0.1, 0.15) is 4.90 Å². The minimum Gasteiger partial charge on any atom is -0.398 e. The molecule has 1 unspecified atom stereocenters. The van der Waals surface area contributed by atoms with E-state index in [4.69, 9.17) is 34.0 Å². The van der Waals surface area contributed by atoms with Gasteiger partial charge >= 0.3 is 0 Å². The average Bonchev–Trinajstić information content (AvgIpc) is 2.26. The zero-order valence-electron chi connectivity index (χ0n) is 11.3. The van der Waals surface area contributed by atoms with Gasteiger partial charge in [0, 0.05) is 17.2 Å². The first-order valence-electron chi connectivity index (χ1n) is 6.04. The van der Waals surface area contributed by atoms with Crippen molar-refractivity contribution in [2.75, 3.05) is 12.3 Å². The molecule has 1 rings (SSSR count). The van der Waals surface area contributed by atoms with E-state index in [0.717, 1.165) is 0 Å². The lowest BCUT2D eigenvalue weighted by Gasteiger charge is -2.29. The highest BCUT2D eigenvalue weighted by Gasteiger charge is 2.31. The molecule has 4 N–H and O–H groups in total. The molecule has 0 saturated carbocycles. The molecule has 0 bridgehead atoms. The summed E-state index contributed by atoms with van der Waals surface area (Å²) in [6.45, 7) is 3.41. The van der Waals surface area contributed by atoms with Crippen molar-refractivity contribution in [2.45, 2.75) is 37.1 Å². The minimum absolute atomic E-state index is 0.0162. The lowest BCUT2D eigenvalue weighted by atomic mass is 9.97. The molecule has 1 aromatic carbocycles. The first-order chi connectivity index (χ1) is 9.15. The van der Waals surface area contributed by atoms with Gasteiger partial charge in [0.2, 0.25) is 10.0 Å². The van der Waals surface area contributed by atoms with E-state index in [0.29, 0.717) is 6.42 Å². The third-order valence-electron chi connectivity index (χ3n) is 3.13. The number of rotatable bonds is 6. The zero-order valence-corrected chi connectivity index (χ0v) is 13.6. The quantitative estimate of drug-likeness (QED) is 0.693. The highest BCUT2D eigenvalue weighted by atomic mass is 35.5. The first kappa shape index (κ1) is 17.5. The van der Waals surface area contributed by atoms with Crippen LogP contribution in [0.25, 0.3) is 0 Å². The Bertz CT molecular complexity index is 569. The minimum atomic E-state index is -3.91. The van der Waals surface area contributed by atoms with Crippen LogP contribution < -0.4 is 10.5 Å². The number of benzene rings is 1. The van der Waals surface area contributed by atoms with E-state index in [1.165, 1.54) is 12.1 Å². The van der Waals surface area contributed by atoms with E-state index in [2.05, 4.69) is 4.72 Å². The molecule has 0 aromatic heterocycles. The third-order valence-corrected chi connectivity index (χ3v) is 5.51. The summed E-state index contributed by atoms with van der Waals surface area (Å²) in [5.41, 5.74) is 4.91. The second-order valence-electron chi connectivity index (χ2n) is 4.80. The third kappa shape index (κ3) is 3.99. The fourth-order valence-electron chi connectivity index (χ4n) is 1.79. The summed E-state index contributed by atoms with van der Waals surface area (Å²) in [4.78, 5) is -0.193. The Morgan fingerprint density at radius 2 is 2.00 bits per heavy atom. The molecule has 20 heavy (non-hydrogen) atoms. The number of aliphatic hydroxyl groups excluding tert-OH is 1. The number of nitrogens with two attached hydrogens (primary N) is 1. The van der Waals surface area contributed by atoms with Gasteiger partial charge in [-0.25, -0.2) is 13.1 Å². The number of halogens is 2. The van der Waals surface area contributed by atoms with Crippen LogP contribution in [0.3, 0.4) is 0 Å². The summed E-state index contributed by atoms with van der Waals surface area (Å²) in [6, 6.07) is 2.65. The molecule has 5 nitrogen and oxygen atoms in total. The van der Waals surface area contributed by atoms with Crippen LogP contribution in [-0.2, 0) is 10.0 Å². The SMILES string of the molecule is CCC(C)(CCO)NS(=O)(=O)c1c(N)cc(Cl)cc1Cl. The van der Waals surface area contributed by atoms with E-state index < -0.39 is 15.6 Å². The van der Waals surface area contributed by atoms with Crippen LogP contribution in [0, 0.1) is 0 Å². The summed E-state index contributed by atoms with van der Waals surface area (Å²) >= 11 is 11.7. The molecule has 0 aliphatic carbocycles. The van der Waals surface area contributed by atoms with Crippen molar-refractivity contribution in [1.82, 2.24) is 4.72 Å². The van der Waals surface area contributed by atoms with Crippen LogP contribution in [-0.4, -0.2) is 25.7 Å². The van der Waals surface area contributed by atoms with Gasteiger partial charge in [0.05, 0.1) is 10.7 Å². The Labute approximate surface area is 129 Å². The lowest BCUT2D eigenvalue weighted by molar-refractivity contribution is 0.233. The monoisotopic (exact) mass is 340 g/mol. The molecule has 1 atom stereocenters. The van der Waals surface area contributed by atoms with Gasteiger partial charge in [-0.05, 0) is 31.9 Å². The van der Waals surface area contributed by atoms with Gasteiger partial charge in [-0.3, -0.25) is 0 Å². The zero-order chi connectivity index (χ0) is 15.6. The van der Waals surface area contributed by atoms with Crippen molar-refractivity contribution in [3.05, 3.63) is 22.2 Å². The van der Waals surface area contributed by atoms with Gasteiger partial charge in [-0.1, -0.05) is 30.1 Å². The molecule has 0 saturated heterocycles. The van der Waals surface area contributed by atoms with E-state index in [1.54, 1.807) is 6.92 Å². The molecule has 0 fully saturated rings. The highest BCUT2D eigenvalue weighted by molar-refractivity contribution is 7.89. The predicted molar refractivity (Wildman–Crippen MR) is 81.6 cm³/mol. The molecule has 0 amide bonds. The summed E-state index contributed by atoms with van der Waals surface area (Å²) in [6.07, 6.45) is 0.797. The largest absolute Gasteiger partial charge is 0.398 e. The number of aliphatic hydroxyl groups is 1. The van der Waals surface area contributed by atoms with Gasteiger partial charge in [-0.15, -0.1) is 0 Å². The van der Waals surface area contributed by atoms with Gasteiger partial charge in [0.25, 0.3) is 0 Å². The Hall–Kier alpha value is -0.530. The van der Waals surface area contributed by atoms with Crippen molar-refractivity contribution in [3.63, 3.8) is 0 Å². The Kier molecular flexibility index (Phi) is 5.69. The first-order valence-corrected chi connectivity index (χ1v) is 8.28. The fraction of sp³-hybridized carbons (Fsp3) is 0.500. The van der Waals surface area contributed by atoms with Crippen molar-refractivity contribution in [3.8, 4) is 0 Å². The second-order valence-corrected chi connectivity index (χ2v) is 7.26. The van der Waals surface area contributed by atoms with Crippen LogP contribution in [0.1, 0.15) is 26.7 Å². The van der Waals surface area contributed by atoms with E-state index in [9.17, 15) is 8.42 Å². The molecule has 0 spiro atoms. The molecular weight excluding hydrogens is 323 g/mol. The number of nitrogens with one attached hydrogen (secondary N) is 1. The number of hydrogen-bond donors (Lipinski definition) is 3. The number of nitrogen functional groups attached to an aromatic ring is 1. The van der Waals surface area contributed by atoms with E-state index in [-0.39, 0.29) is 33.7 Å². The van der Waals surface area contributed by atoms with E-state index >= 15 is 0 Å². The van der Waals surface area contributed by atoms with Crippen molar-refractivity contribution < 1.29 is 13.5 Å². The Morgan fingerprint density at radius 1 is 1.40 bits per heavy atom. The molecule has 8 heteroatoms. The van der Waals surface area contributed by atoms with Gasteiger partial charge < -0.3 is 10.8 Å². The second kappa shape index (κ2) is 6.49.